The van der Waals surface area contributed by atoms with Crippen LogP contribution in [0.15, 0.2) is 22.4 Å². The van der Waals surface area contributed by atoms with Crippen LogP contribution in [0.3, 0.4) is 0 Å². The third-order valence-electron chi connectivity index (χ3n) is 2.53. The van der Waals surface area contributed by atoms with Gasteiger partial charge in [-0.25, -0.2) is 15.0 Å². The van der Waals surface area contributed by atoms with Crippen molar-refractivity contribution in [1.29, 1.82) is 10.5 Å². The van der Waals surface area contributed by atoms with Crippen LogP contribution in [-0.2, 0) is 0 Å². The number of rotatable bonds is 2. The Kier molecular flexibility index (Phi) is 3.83. The Morgan fingerprint density at radius 3 is 2.55 bits per heavy atom. The maximum atomic E-state index is 9.19. The Hall–Kier alpha value is -2.64. The molecule has 20 heavy (non-hydrogen) atoms. The molecule has 0 saturated heterocycles. The standard InChI is InChI=1S/C13H10N6S/c1-7-3-8(2)18-12(10(7)5-15)20-13-17-6-9(4-14)11(16)19-13/h3,6H,1-2H3,(H2,16,17,19). The molecule has 0 fully saturated rings. The average molecular weight is 282 g/mol. The molecule has 0 aliphatic rings. The van der Waals surface area contributed by atoms with Gasteiger partial charge in [0.05, 0.1) is 11.8 Å². The minimum absolute atomic E-state index is 0.118. The number of nitrogen functional groups attached to an aromatic ring is 1. The molecule has 0 amide bonds. The lowest BCUT2D eigenvalue weighted by molar-refractivity contribution is 0.954. The van der Waals surface area contributed by atoms with Gasteiger partial charge in [0, 0.05) is 5.69 Å². The van der Waals surface area contributed by atoms with Crippen LogP contribution in [0.4, 0.5) is 5.82 Å². The SMILES string of the molecule is Cc1cc(C)c(C#N)c(Sc2ncc(C#N)c(N)n2)n1. The van der Waals surface area contributed by atoms with Crippen molar-refractivity contribution in [2.24, 2.45) is 0 Å². The van der Waals surface area contributed by atoms with E-state index in [1.807, 2.05) is 26.0 Å². The number of hydrogen-bond donors (Lipinski definition) is 1. The molecule has 0 unspecified atom stereocenters. The number of nitrogens with two attached hydrogens (primary N) is 1. The van der Waals surface area contributed by atoms with E-state index in [0.717, 1.165) is 23.0 Å². The molecular weight excluding hydrogens is 272 g/mol. The highest BCUT2D eigenvalue weighted by molar-refractivity contribution is 7.99. The number of nitrogens with zero attached hydrogens (tertiary/aromatic N) is 5. The first kappa shape index (κ1) is 13.8. The molecule has 0 aromatic carbocycles. The summed E-state index contributed by atoms with van der Waals surface area (Å²) in [6, 6.07) is 5.87. The lowest BCUT2D eigenvalue weighted by Crippen LogP contribution is -2.00. The van der Waals surface area contributed by atoms with E-state index in [1.54, 1.807) is 0 Å². The molecule has 0 spiro atoms. The van der Waals surface area contributed by atoms with E-state index < -0.39 is 0 Å². The van der Waals surface area contributed by atoms with Crippen LogP contribution < -0.4 is 5.73 Å². The monoisotopic (exact) mass is 282 g/mol. The van der Waals surface area contributed by atoms with E-state index in [0.29, 0.717) is 15.7 Å². The smallest absolute Gasteiger partial charge is 0.195 e. The van der Waals surface area contributed by atoms with Crippen molar-refractivity contribution < 1.29 is 0 Å². The predicted molar refractivity (Wildman–Crippen MR) is 73.7 cm³/mol. The van der Waals surface area contributed by atoms with Crippen LogP contribution in [0, 0.1) is 36.5 Å². The zero-order valence-electron chi connectivity index (χ0n) is 10.9. The quantitative estimate of drug-likeness (QED) is 0.837. The molecule has 6 nitrogen and oxygen atoms in total. The molecule has 7 heteroatoms. The van der Waals surface area contributed by atoms with Crippen LogP contribution >= 0.6 is 11.8 Å². The Bertz CT molecular complexity index is 757. The fraction of sp³-hybridized carbons (Fsp3) is 0.154. The molecule has 0 aliphatic carbocycles. The van der Waals surface area contributed by atoms with Gasteiger partial charge in [-0.15, -0.1) is 0 Å². The summed E-state index contributed by atoms with van der Waals surface area (Å²) in [6.07, 6.45) is 1.36. The third kappa shape index (κ3) is 2.68. The number of anilines is 1. The van der Waals surface area contributed by atoms with Crippen molar-refractivity contribution in [3.63, 3.8) is 0 Å². The lowest BCUT2D eigenvalue weighted by Gasteiger charge is -2.06. The highest BCUT2D eigenvalue weighted by Gasteiger charge is 2.12. The van der Waals surface area contributed by atoms with Gasteiger partial charge in [-0.05, 0) is 37.2 Å². The summed E-state index contributed by atoms with van der Waals surface area (Å²) in [5, 5.41) is 18.9. The molecule has 2 aromatic heterocycles. The fourth-order valence-electron chi connectivity index (χ4n) is 1.61. The van der Waals surface area contributed by atoms with Crippen molar-refractivity contribution in [2.45, 2.75) is 24.0 Å². The van der Waals surface area contributed by atoms with Gasteiger partial charge >= 0.3 is 0 Å². The summed E-state index contributed by atoms with van der Waals surface area (Å²) in [6.45, 7) is 3.71. The summed E-state index contributed by atoms with van der Waals surface area (Å²) in [4.78, 5) is 12.4. The number of nitriles is 2. The maximum absolute atomic E-state index is 9.19. The van der Waals surface area contributed by atoms with Gasteiger partial charge in [0.2, 0.25) is 0 Å². The van der Waals surface area contributed by atoms with Crippen LogP contribution in [0.5, 0.6) is 0 Å². The van der Waals surface area contributed by atoms with Gasteiger partial charge in [0.1, 0.15) is 28.5 Å². The van der Waals surface area contributed by atoms with Crippen molar-refractivity contribution >= 4 is 17.6 Å². The molecule has 2 rings (SSSR count). The largest absolute Gasteiger partial charge is 0.382 e. The molecule has 0 bridgehead atoms. The second-order valence-corrected chi connectivity index (χ2v) is 4.99. The highest BCUT2D eigenvalue weighted by atomic mass is 32.2. The van der Waals surface area contributed by atoms with Gasteiger partial charge in [0.15, 0.2) is 5.16 Å². The van der Waals surface area contributed by atoms with E-state index in [4.69, 9.17) is 11.0 Å². The van der Waals surface area contributed by atoms with Crippen molar-refractivity contribution in [1.82, 2.24) is 15.0 Å². The molecule has 0 radical (unpaired) electrons. The molecule has 2 heterocycles. The Labute approximate surface area is 120 Å². The normalized spacial score (nSPS) is 9.80. The molecule has 2 aromatic rings. The number of aryl methyl sites for hydroxylation is 2. The van der Waals surface area contributed by atoms with Gasteiger partial charge in [-0.1, -0.05) is 0 Å². The molecule has 0 atom stereocenters. The molecular formula is C13H10N6S. The molecule has 0 saturated carbocycles. The van der Waals surface area contributed by atoms with E-state index in [2.05, 4.69) is 21.0 Å². The van der Waals surface area contributed by atoms with E-state index in [9.17, 15) is 5.26 Å². The van der Waals surface area contributed by atoms with Crippen molar-refractivity contribution in [3.05, 3.63) is 34.6 Å². The zero-order valence-corrected chi connectivity index (χ0v) is 11.7. The first-order valence-electron chi connectivity index (χ1n) is 5.64. The first-order valence-corrected chi connectivity index (χ1v) is 6.45. The van der Waals surface area contributed by atoms with Crippen molar-refractivity contribution in [3.8, 4) is 12.1 Å². The van der Waals surface area contributed by atoms with Gasteiger partial charge in [-0.3, -0.25) is 0 Å². The topological polar surface area (TPSA) is 112 Å². The van der Waals surface area contributed by atoms with Crippen LogP contribution in [0.25, 0.3) is 0 Å². The Morgan fingerprint density at radius 1 is 1.20 bits per heavy atom. The first-order chi connectivity index (χ1) is 9.55. The number of hydrogen-bond acceptors (Lipinski definition) is 7. The minimum Gasteiger partial charge on any atom is -0.382 e. The van der Waals surface area contributed by atoms with Gasteiger partial charge < -0.3 is 5.73 Å². The maximum Gasteiger partial charge on any atom is 0.195 e. The summed E-state index contributed by atoms with van der Waals surface area (Å²) in [7, 11) is 0. The highest BCUT2D eigenvalue weighted by Crippen LogP contribution is 2.28. The van der Waals surface area contributed by atoms with Gasteiger partial charge in [0.25, 0.3) is 0 Å². The molecule has 98 valence electrons. The summed E-state index contributed by atoms with van der Waals surface area (Å²) >= 11 is 1.16. The Balaban J connectivity index is 2.43. The Morgan fingerprint density at radius 2 is 1.95 bits per heavy atom. The molecule has 0 aliphatic heterocycles. The van der Waals surface area contributed by atoms with Crippen LogP contribution in [0.1, 0.15) is 22.4 Å². The number of pyridine rings is 1. The second-order valence-electron chi connectivity index (χ2n) is 4.04. The van der Waals surface area contributed by atoms with Crippen LogP contribution in [-0.4, -0.2) is 15.0 Å². The summed E-state index contributed by atoms with van der Waals surface area (Å²) in [5.74, 6) is 0.118. The fourth-order valence-corrected chi connectivity index (χ4v) is 2.53. The summed E-state index contributed by atoms with van der Waals surface area (Å²) in [5.41, 5.74) is 8.02. The lowest BCUT2D eigenvalue weighted by atomic mass is 10.1. The third-order valence-corrected chi connectivity index (χ3v) is 3.40. The van der Waals surface area contributed by atoms with E-state index in [1.165, 1.54) is 6.20 Å². The molecule has 2 N–H and O–H groups in total. The van der Waals surface area contributed by atoms with Crippen molar-refractivity contribution in [2.75, 3.05) is 5.73 Å². The van der Waals surface area contributed by atoms with Crippen LogP contribution in [0.2, 0.25) is 0 Å². The van der Waals surface area contributed by atoms with E-state index in [-0.39, 0.29) is 11.4 Å². The summed E-state index contributed by atoms with van der Waals surface area (Å²) < 4.78 is 0. The predicted octanol–water partition coefficient (Wildman–Crippen LogP) is 1.97. The minimum atomic E-state index is 0.118. The second kappa shape index (κ2) is 5.55. The zero-order chi connectivity index (χ0) is 14.7. The number of aromatic nitrogens is 3. The average Bonchev–Trinajstić information content (AvgIpc) is 2.38. The van der Waals surface area contributed by atoms with Gasteiger partial charge in [-0.2, -0.15) is 10.5 Å². The van der Waals surface area contributed by atoms with E-state index >= 15 is 0 Å².